The molecular weight excluding hydrogens is 302 g/mol. The van der Waals surface area contributed by atoms with Crippen LogP contribution in [0.3, 0.4) is 0 Å². The number of hydrogen-bond acceptors (Lipinski definition) is 5. The number of nitrogens with zero attached hydrogens (tertiary/aromatic N) is 2. The Bertz CT molecular complexity index is 565. The predicted octanol–water partition coefficient (Wildman–Crippen LogP) is 3.30. The SMILES string of the molecule is CCN(C(C)=O)c1nc(CNC(C)Cc2ccsc2)cs1. The maximum Gasteiger partial charge on any atom is 0.225 e. The molecular formula is C15H21N3OS2. The highest BCUT2D eigenvalue weighted by Gasteiger charge is 2.13. The third-order valence-electron chi connectivity index (χ3n) is 3.22. The zero-order chi connectivity index (χ0) is 15.2. The van der Waals surface area contributed by atoms with Gasteiger partial charge in [0.2, 0.25) is 5.91 Å². The third-order valence-corrected chi connectivity index (χ3v) is 4.86. The maximum absolute atomic E-state index is 11.5. The summed E-state index contributed by atoms with van der Waals surface area (Å²) in [5.41, 5.74) is 2.36. The number of anilines is 1. The molecule has 0 bridgehead atoms. The second-order valence-corrected chi connectivity index (χ2v) is 6.62. The van der Waals surface area contributed by atoms with Gasteiger partial charge in [0.25, 0.3) is 0 Å². The normalized spacial score (nSPS) is 12.3. The minimum Gasteiger partial charge on any atom is -0.308 e. The third kappa shape index (κ3) is 4.62. The summed E-state index contributed by atoms with van der Waals surface area (Å²) in [7, 11) is 0. The highest BCUT2D eigenvalue weighted by Crippen LogP contribution is 2.20. The molecule has 2 aromatic rings. The highest BCUT2D eigenvalue weighted by atomic mass is 32.1. The first-order chi connectivity index (χ1) is 10.1. The van der Waals surface area contributed by atoms with Gasteiger partial charge in [0.05, 0.1) is 5.69 Å². The summed E-state index contributed by atoms with van der Waals surface area (Å²) in [5.74, 6) is 0.0391. The second kappa shape index (κ2) is 7.68. The number of amides is 1. The molecule has 1 atom stereocenters. The van der Waals surface area contributed by atoms with Gasteiger partial charge in [-0.15, -0.1) is 11.3 Å². The van der Waals surface area contributed by atoms with Crippen LogP contribution in [0.4, 0.5) is 5.13 Å². The summed E-state index contributed by atoms with van der Waals surface area (Å²) in [4.78, 5) is 17.7. The van der Waals surface area contributed by atoms with Crippen molar-refractivity contribution in [3.05, 3.63) is 33.5 Å². The average molecular weight is 323 g/mol. The van der Waals surface area contributed by atoms with Crippen molar-refractivity contribution in [2.45, 2.75) is 39.8 Å². The molecule has 0 spiro atoms. The Morgan fingerprint density at radius 1 is 1.48 bits per heavy atom. The van der Waals surface area contributed by atoms with E-state index in [9.17, 15) is 4.79 Å². The molecule has 0 saturated carbocycles. The van der Waals surface area contributed by atoms with Crippen LogP contribution in [-0.2, 0) is 17.8 Å². The minimum absolute atomic E-state index is 0.0391. The van der Waals surface area contributed by atoms with Crippen LogP contribution in [0.25, 0.3) is 0 Å². The molecule has 114 valence electrons. The lowest BCUT2D eigenvalue weighted by atomic mass is 10.1. The predicted molar refractivity (Wildman–Crippen MR) is 90.1 cm³/mol. The van der Waals surface area contributed by atoms with Gasteiger partial charge in [-0.2, -0.15) is 11.3 Å². The van der Waals surface area contributed by atoms with Crippen LogP contribution in [0.5, 0.6) is 0 Å². The second-order valence-electron chi connectivity index (χ2n) is 5.00. The largest absolute Gasteiger partial charge is 0.308 e. The minimum atomic E-state index is 0.0391. The fraction of sp³-hybridized carbons (Fsp3) is 0.467. The van der Waals surface area contributed by atoms with E-state index in [1.807, 2.05) is 12.3 Å². The molecule has 2 aromatic heterocycles. The first-order valence-electron chi connectivity index (χ1n) is 7.07. The number of thiophene rings is 1. The maximum atomic E-state index is 11.5. The quantitative estimate of drug-likeness (QED) is 0.850. The van der Waals surface area contributed by atoms with Crippen LogP contribution < -0.4 is 10.2 Å². The van der Waals surface area contributed by atoms with Crippen molar-refractivity contribution >= 4 is 33.7 Å². The molecule has 1 unspecified atom stereocenters. The van der Waals surface area contributed by atoms with Gasteiger partial charge < -0.3 is 5.32 Å². The smallest absolute Gasteiger partial charge is 0.225 e. The highest BCUT2D eigenvalue weighted by molar-refractivity contribution is 7.14. The van der Waals surface area contributed by atoms with Crippen molar-refractivity contribution in [3.63, 3.8) is 0 Å². The number of thiazole rings is 1. The summed E-state index contributed by atoms with van der Waals surface area (Å²) in [6, 6.07) is 2.57. The first-order valence-corrected chi connectivity index (χ1v) is 8.89. The van der Waals surface area contributed by atoms with E-state index in [1.54, 1.807) is 23.2 Å². The molecule has 0 aliphatic heterocycles. The fourth-order valence-electron chi connectivity index (χ4n) is 2.11. The van der Waals surface area contributed by atoms with E-state index in [2.05, 4.69) is 34.1 Å². The Labute approximate surface area is 133 Å². The Morgan fingerprint density at radius 3 is 2.90 bits per heavy atom. The molecule has 21 heavy (non-hydrogen) atoms. The van der Waals surface area contributed by atoms with Gasteiger partial charge in [0.1, 0.15) is 0 Å². The molecule has 0 aliphatic rings. The summed E-state index contributed by atoms with van der Waals surface area (Å²) < 4.78 is 0. The molecule has 4 nitrogen and oxygen atoms in total. The molecule has 2 rings (SSSR count). The molecule has 1 amide bonds. The van der Waals surface area contributed by atoms with Crippen LogP contribution in [0.15, 0.2) is 22.2 Å². The van der Waals surface area contributed by atoms with Crippen LogP contribution in [-0.4, -0.2) is 23.5 Å². The Hall–Kier alpha value is -1.24. The fourth-order valence-corrected chi connectivity index (χ4v) is 3.72. The topological polar surface area (TPSA) is 45.2 Å². The number of carbonyl (C=O) groups excluding carboxylic acids is 1. The van der Waals surface area contributed by atoms with Crippen molar-refractivity contribution in [1.29, 1.82) is 0 Å². The van der Waals surface area contributed by atoms with Gasteiger partial charge in [-0.1, -0.05) is 0 Å². The van der Waals surface area contributed by atoms with Gasteiger partial charge in [-0.25, -0.2) is 4.98 Å². The number of rotatable bonds is 7. The Balaban J connectivity index is 1.86. The monoisotopic (exact) mass is 323 g/mol. The lowest BCUT2D eigenvalue weighted by Gasteiger charge is -2.15. The van der Waals surface area contributed by atoms with E-state index >= 15 is 0 Å². The van der Waals surface area contributed by atoms with E-state index in [-0.39, 0.29) is 5.91 Å². The van der Waals surface area contributed by atoms with E-state index in [0.717, 1.165) is 23.8 Å². The summed E-state index contributed by atoms with van der Waals surface area (Å²) in [5, 5.41) is 10.6. The van der Waals surface area contributed by atoms with E-state index < -0.39 is 0 Å². The van der Waals surface area contributed by atoms with Crippen molar-refractivity contribution in [2.75, 3.05) is 11.4 Å². The van der Waals surface area contributed by atoms with Crippen molar-refractivity contribution < 1.29 is 4.79 Å². The zero-order valence-corrected chi connectivity index (χ0v) is 14.3. The molecule has 2 heterocycles. The lowest BCUT2D eigenvalue weighted by molar-refractivity contribution is -0.116. The van der Waals surface area contributed by atoms with Crippen molar-refractivity contribution in [1.82, 2.24) is 10.3 Å². The summed E-state index contributed by atoms with van der Waals surface area (Å²) >= 11 is 3.26. The van der Waals surface area contributed by atoms with Gasteiger partial charge in [0, 0.05) is 31.4 Å². The Kier molecular flexibility index (Phi) is 5.90. The molecule has 0 aliphatic carbocycles. The first kappa shape index (κ1) is 16.1. The zero-order valence-electron chi connectivity index (χ0n) is 12.6. The number of aromatic nitrogens is 1. The van der Waals surface area contributed by atoms with Crippen molar-refractivity contribution in [3.8, 4) is 0 Å². The Morgan fingerprint density at radius 2 is 2.29 bits per heavy atom. The molecule has 6 heteroatoms. The van der Waals surface area contributed by atoms with Gasteiger partial charge >= 0.3 is 0 Å². The number of carbonyl (C=O) groups is 1. The molecule has 0 radical (unpaired) electrons. The van der Waals surface area contributed by atoms with E-state index in [0.29, 0.717) is 12.6 Å². The molecule has 1 N–H and O–H groups in total. The molecule has 0 aromatic carbocycles. The van der Waals surface area contributed by atoms with Crippen molar-refractivity contribution in [2.24, 2.45) is 0 Å². The summed E-state index contributed by atoms with van der Waals surface area (Å²) in [6.07, 6.45) is 1.02. The average Bonchev–Trinajstić information content (AvgIpc) is 3.08. The van der Waals surface area contributed by atoms with Gasteiger partial charge in [0.15, 0.2) is 5.13 Å². The van der Waals surface area contributed by atoms with E-state index in [4.69, 9.17) is 0 Å². The molecule has 0 fully saturated rings. The van der Waals surface area contributed by atoms with Crippen LogP contribution in [0, 0.1) is 0 Å². The van der Waals surface area contributed by atoms with Crippen LogP contribution in [0.2, 0.25) is 0 Å². The van der Waals surface area contributed by atoms with Gasteiger partial charge in [-0.05, 0) is 42.7 Å². The number of hydrogen-bond donors (Lipinski definition) is 1. The van der Waals surface area contributed by atoms with E-state index in [1.165, 1.54) is 16.9 Å². The van der Waals surface area contributed by atoms with Crippen LogP contribution in [0.1, 0.15) is 32.0 Å². The number of nitrogens with one attached hydrogen (secondary N) is 1. The van der Waals surface area contributed by atoms with Gasteiger partial charge in [-0.3, -0.25) is 9.69 Å². The molecule has 0 saturated heterocycles. The summed E-state index contributed by atoms with van der Waals surface area (Å²) in [6.45, 7) is 7.11. The van der Waals surface area contributed by atoms with Crippen LogP contribution >= 0.6 is 22.7 Å². The lowest BCUT2D eigenvalue weighted by Crippen LogP contribution is -2.29. The standard InChI is InChI=1S/C15H21N3OS2/c1-4-18(12(3)19)15-17-14(10-21-15)8-16-11(2)7-13-5-6-20-9-13/h5-6,9-11,16H,4,7-8H2,1-3H3.